The van der Waals surface area contributed by atoms with Crippen molar-refractivity contribution in [3.8, 4) is 0 Å². The smallest absolute Gasteiger partial charge is 0.450 e. The first kappa shape index (κ1) is 127. The molecule has 7 atom stereocenters. The molecule has 0 fully saturated rings. The molecular formula is C47H88F33O10S3-3. The average molecular weight is 1540 g/mol. The van der Waals surface area contributed by atoms with Crippen LogP contribution in [0.2, 0.25) is 0 Å². The minimum absolute atomic E-state index is 0. The van der Waals surface area contributed by atoms with Crippen LogP contribution >= 0.6 is 0 Å². The summed E-state index contributed by atoms with van der Waals surface area (Å²) in [7, 11) is 0. The summed E-state index contributed by atoms with van der Waals surface area (Å²) in [6.07, 6.45) is -18.3. The fourth-order valence-electron chi connectivity index (χ4n) is 4.31. The largest absolute Gasteiger partial charge is 0.772 e. The van der Waals surface area contributed by atoms with E-state index in [1.54, 1.807) is 0 Å². The van der Waals surface area contributed by atoms with E-state index in [0.717, 1.165) is 0 Å². The molecule has 0 heterocycles. The molecule has 0 radical (unpaired) electrons. The summed E-state index contributed by atoms with van der Waals surface area (Å²) in [5, 5.41) is 0. The summed E-state index contributed by atoms with van der Waals surface area (Å²) >= 11 is -10.3. The van der Waals surface area contributed by atoms with Gasteiger partial charge in [0, 0.05) is 41.5 Å². The zero-order chi connectivity index (χ0) is 66.3. The van der Waals surface area contributed by atoms with Gasteiger partial charge in [0.1, 0.15) is 26.4 Å². The minimum atomic E-state index is -6.36. The molecule has 0 aliphatic carbocycles. The summed E-state index contributed by atoms with van der Waals surface area (Å²) in [6.45, 7) is -12.6. The lowest BCUT2D eigenvalue weighted by Gasteiger charge is -2.36. The van der Waals surface area contributed by atoms with Gasteiger partial charge in [-0.25, -0.2) is 101 Å². The van der Waals surface area contributed by atoms with Crippen LogP contribution in [0, 0.1) is 0 Å². The molecule has 0 saturated heterocycles. The van der Waals surface area contributed by atoms with E-state index >= 15 is 0 Å². The normalized spacial score (nSPS) is 16.5. The molecule has 93 heavy (non-hydrogen) atoms. The van der Waals surface area contributed by atoms with Crippen molar-refractivity contribution in [1.82, 2.24) is 0 Å². The highest BCUT2D eigenvalue weighted by molar-refractivity contribution is 7.79. The molecule has 0 bridgehead atoms. The van der Waals surface area contributed by atoms with Crippen LogP contribution in [0.15, 0.2) is 0 Å². The third-order valence-corrected chi connectivity index (χ3v) is 11.3. The Morgan fingerprint density at radius 2 is 0.441 bits per heavy atom. The zero-order valence-corrected chi connectivity index (χ0v) is 43.0. The first-order chi connectivity index (χ1) is 34.7. The van der Waals surface area contributed by atoms with Gasteiger partial charge in [-0.3, -0.25) is 12.6 Å². The molecule has 0 N–H and O–H groups in total. The standard InChI is InChI=1S/C13H15F13O4S.C12H15F11O3S.C10H13F9O3S.12CH4/c1-7(14,15)10(19,20)3-11(21,22)8(2,16)29-5-12(23,13(24,25)26)30-4-9(17,18)6-31(27)28;1-7(13,14)11(20,21)4-12(22,23)8(2,15)26-5-9(16,17)3-10(18,19)6-27(24)25;1-6(11,12)9(16,17)3-10(18,19)7(2,13)22-4-8(14,15)5-23(20)21;;;;;;;;;;;;/h3-6H2,1-2H3,(H,27,28);3-6H2,1-2H3,(H,24,25);3-5H2,1-2H3,(H,20,21);12*1H4/p-3. The van der Waals surface area contributed by atoms with Crippen LogP contribution in [0.4, 0.5) is 145 Å². The van der Waals surface area contributed by atoms with Crippen molar-refractivity contribution in [1.29, 1.82) is 0 Å². The number of hydrogen-bond acceptors (Lipinski definition) is 10. The number of hydrogen-bond donors (Lipinski definition) is 0. The van der Waals surface area contributed by atoms with Crippen molar-refractivity contribution < 1.29 is 190 Å². The second kappa shape index (κ2) is 42.1. The van der Waals surface area contributed by atoms with Gasteiger partial charge >= 0.3 is 65.3 Å². The van der Waals surface area contributed by atoms with E-state index in [2.05, 4.69) is 18.9 Å². The van der Waals surface area contributed by atoms with Gasteiger partial charge in [0.2, 0.25) is 0 Å². The van der Waals surface area contributed by atoms with Crippen LogP contribution in [-0.4, -0.2) is 177 Å². The van der Waals surface area contributed by atoms with Gasteiger partial charge in [-0.05, 0) is 33.2 Å². The fourth-order valence-corrected chi connectivity index (χ4v) is 5.61. The molecule has 7 unspecified atom stereocenters. The lowest BCUT2D eigenvalue weighted by molar-refractivity contribution is -0.381. The maximum absolute atomic E-state index is 14.0. The second-order valence-electron chi connectivity index (χ2n) is 17.5. The van der Waals surface area contributed by atoms with E-state index in [-0.39, 0.29) is 110 Å². The van der Waals surface area contributed by atoms with Crippen molar-refractivity contribution in [2.45, 2.75) is 263 Å². The van der Waals surface area contributed by atoms with Crippen LogP contribution in [0.1, 0.15) is 156 Å². The summed E-state index contributed by atoms with van der Waals surface area (Å²) in [5.41, 5.74) is 0. The van der Waals surface area contributed by atoms with E-state index in [1.807, 2.05) is 0 Å². The molecule has 0 spiro atoms. The number of alkyl halides is 33. The van der Waals surface area contributed by atoms with E-state index in [0.29, 0.717) is 0 Å². The predicted molar refractivity (Wildman–Crippen MR) is 284 cm³/mol. The molecule has 588 valence electrons. The maximum Gasteiger partial charge on any atom is 0.450 e. The Morgan fingerprint density at radius 3 is 0.634 bits per heavy atom. The van der Waals surface area contributed by atoms with Gasteiger partial charge in [-0.15, -0.1) is 0 Å². The molecule has 46 heteroatoms. The fraction of sp³-hybridized carbons (Fsp3) is 1.00. The Hall–Kier alpha value is -2.14. The molecule has 10 nitrogen and oxygen atoms in total. The summed E-state index contributed by atoms with van der Waals surface area (Å²) in [4.78, 5) is 0. The van der Waals surface area contributed by atoms with Crippen molar-refractivity contribution in [3.63, 3.8) is 0 Å². The van der Waals surface area contributed by atoms with Gasteiger partial charge in [-0.2, -0.15) is 43.9 Å². The van der Waals surface area contributed by atoms with Gasteiger partial charge in [-0.1, -0.05) is 89.1 Å². The summed E-state index contributed by atoms with van der Waals surface area (Å²) in [6, 6.07) is 0. The van der Waals surface area contributed by atoms with Crippen LogP contribution < -0.4 is 0 Å². The Bertz CT molecular complexity index is 2050. The Labute approximate surface area is 529 Å². The summed E-state index contributed by atoms with van der Waals surface area (Å²) < 4.78 is 507. The van der Waals surface area contributed by atoms with E-state index in [4.69, 9.17) is 0 Å². The number of ether oxygens (including phenoxy) is 4. The van der Waals surface area contributed by atoms with Gasteiger partial charge in [0.15, 0.2) is 0 Å². The summed E-state index contributed by atoms with van der Waals surface area (Å²) in [5.74, 6) is -91.5. The Morgan fingerprint density at radius 1 is 0.258 bits per heavy atom. The highest BCUT2D eigenvalue weighted by Gasteiger charge is 2.68. The first-order valence-electron chi connectivity index (χ1n) is 20.1. The number of halogens is 33. The molecule has 0 aromatic carbocycles. The van der Waals surface area contributed by atoms with Gasteiger partial charge in [0.05, 0.1) is 42.9 Å². The van der Waals surface area contributed by atoms with Crippen molar-refractivity contribution in [2.75, 3.05) is 43.7 Å². The molecular weight excluding hydrogens is 1450 g/mol. The topological polar surface area (TPSA) is 157 Å². The SMILES string of the molecule is C.C.C.C.C.C.C.C.C.C.C.C.CC(F)(F)C(F)(F)CC(F)(F)C(C)(F)OCC(F)(F)CC(F)(F)CS(=O)[O-].CC(F)(F)C(F)(F)CC(F)(F)C(C)(F)OCC(F)(F)CS(=O)[O-].CC(F)(F)C(F)(F)CC(F)(F)C(C)(F)OCC(F)(OCC(F)(F)CS(=O)[O-])C(F)(F)F. The molecule has 0 aromatic heterocycles. The number of rotatable bonds is 32. The van der Waals surface area contributed by atoms with Crippen LogP contribution in [0.25, 0.3) is 0 Å². The third-order valence-electron chi connectivity index (χ3n) is 9.30. The van der Waals surface area contributed by atoms with Crippen molar-refractivity contribution in [2.24, 2.45) is 0 Å². The second-order valence-corrected chi connectivity index (χ2v) is 20.2. The lowest BCUT2D eigenvalue weighted by Crippen LogP contribution is -2.55. The van der Waals surface area contributed by atoms with Gasteiger partial charge < -0.3 is 32.6 Å². The molecule has 0 aliphatic rings. The predicted octanol–water partition coefficient (Wildman–Crippen LogP) is 20.5. The monoisotopic (exact) mass is 1540 g/mol. The average Bonchev–Trinajstić information content (AvgIpc) is 3.13. The first-order valence-corrected chi connectivity index (χ1v) is 23.9. The quantitative estimate of drug-likeness (QED) is 0.0469. The van der Waals surface area contributed by atoms with E-state index in [1.165, 1.54) is 0 Å². The molecule has 0 aliphatic heterocycles. The molecule has 0 rings (SSSR count). The highest BCUT2D eigenvalue weighted by atomic mass is 32.2. The zero-order valence-electron chi connectivity index (χ0n) is 40.6. The van der Waals surface area contributed by atoms with E-state index in [9.17, 15) is 171 Å². The lowest BCUT2D eigenvalue weighted by atomic mass is 10.00. The van der Waals surface area contributed by atoms with Gasteiger partial charge in [0.25, 0.3) is 41.3 Å². The van der Waals surface area contributed by atoms with Crippen LogP contribution in [0.3, 0.4) is 0 Å². The van der Waals surface area contributed by atoms with Crippen LogP contribution in [0.5, 0.6) is 0 Å². The molecule has 0 aromatic rings. The minimum Gasteiger partial charge on any atom is -0.772 e. The van der Waals surface area contributed by atoms with Crippen molar-refractivity contribution in [3.05, 3.63) is 0 Å². The third kappa shape index (κ3) is 42.4. The molecule has 0 amide bonds. The Balaban J connectivity index is -0.0000000715. The van der Waals surface area contributed by atoms with Crippen LogP contribution in [-0.2, 0) is 52.2 Å². The van der Waals surface area contributed by atoms with E-state index < -0.39 is 230 Å². The molecule has 0 saturated carbocycles. The highest BCUT2D eigenvalue weighted by Crippen LogP contribution is 2.51. The maximum atomic E-state index is 14.0. The Kier molecular flexibility index (Phi) is 57.7. The van der Waals surface area contributed by atoms with Crippen molar-refractivity contribution >= 4 is 33.2 Å².